The van der Waals surface area contributed by atoms with E-state index in [2.05, 4.69) is 32.2 Å². The van der Waals surface area contributed by atoms with Gasteiger partial charge in [-0.25, -0.2) is 0 Å². The van der Waals surface area contributed by atoms with Crippen molar-refractivity contribution in [3.63, 3.8) is 0 Å². The van der Waals surface area contributed by atoms with Crippen molar-refractivity contribution < 1.29 is 10.0 Å². The number of halogens is 3. The minimum atomic E-state index is -0.620. The standard InChI is InChI=1S/C13H15BrN4O3.2ClH/c14-9-7-10(13(19)12(8-9)18(20)21)11(1-2-15)17-5-3-16-4-6-17;;/h7-8,11,16,19H,1,3-6H2;2*1H/t11-;;/m1../s1. The second kappa shape index (κ2) is 9.90. The van der Waals surface area contributed by atoms with E-state index in [-0.39, 0.29) is 48.7 Å². The average molecular weight is 428 g/mol. The van der Waals surface area contributed by atoms with Crippen LogP contribution in [0.15, 0.2) is 16.6 Å². The van der Waals surface area contributed by atoms with Crippen LogP contribution in [0.2, 0.25) is 0 Å². The summed E-state index contributed by atoms with van der Waals surface area (Å²) in [6, 6.07) is 4.66. The van der Waals surface area contributed by atoms with Crippen molar-refractivity contribution >= 4 is 46.4 Å². The van der Waals surface area contributed by atoms with E-state index in [1.54, 1.807) is 6.07 Å². The molecule has 0 radical (unpaired) electrons. The second-order valence-corrected chi connectivity index (χ2v) is 5.70. The van der Waals surface area contributed by atoms with E-state index in [1.807, 2.05) is 0 Å². The molecule has 23 heavy (non-hydrogen) atoms. The number of nitriles is 1. The third kappa shape index (κ3) is 5.19. The molecule has 1 heterocycles. The van der Waals surface area contributed by atoms with Crippen LogP contribution in [0.3, 0.4) is 0 Å². The van der Waals surface area contributed by atoms with Gasteiger partial charge < -0.3 is 10.4 Å². The Bertz CT molecular complexity index is 591. The van der Waals surface area contributed by atoms with Crippen LogP contribution in [0.4, 0.5) is 5.69 Å². The molecule has 0 amide bonds. The molecule has 1 aliphatic heterocycles. The lowest BCUT2D eigenvalue weighted by atomic mass is 10.00. The number of nitrogens with one attached hydrogen (secondary N) is 1. The largest absolute Gasteiger partial charge is 0.502 e. The Morgan fingerprint density at radius 1 is 1.43 bits per heavy atom. The van der Waals surface area contributed by atoms with Crippen molar-refractivity contribution in [2.24, 2.45) is 0 Å². The minimum Gasteiger partial charge on any atom is -0.502 e. The molecule has 128 valence electrons. The van der Waals surface area contributed by atoms with Crippen molar-refractivity contribution in [3.8, 4) is 11.8 Å². The van der Waals surface area contributed by atoms with Crippen molar-refractivity contribution in [2.75, 3.05) is 26.2 Å². The van der Waals surface area contributed by atoms with Gasteiger partial charge in [-0.05, 0) is 6.07 Å². The quantitative estimate of drug-likeness (QED) is 0.565. The van der Waals surface area contributed by atoms with E-state index in [4.69, 9.17) is 5.26 Å². The molecule has 1 fully saturated rings. The summed E-state index contributed by atoms with van der Waals surface area (Å²) < 4.78 is 0.514. The fourth-order valence-electron chi connectivity index (χ4n) is 2.51. The van der Waals surface area contributed by atoms with Crippen LogP contribution in [0.5, 0.6) is 5.75 Å². The number of piperazine rings is 1. The summed E-state index contributed by atoms with van der Waals surface area (Å²) in [6.45, 7) is 3.04. The molecule has 1 aliphatic rings. The molecule has 0 unspecified atom stereocenters. The number of hydrogen-bond acceptors (Lipinski definition) is 6. The highest BCUT2D eigenvalue weighted by atomic mass is 79.9. The third-order valence-corrected chi connectivity index (χ3v) is 3.97. The molecule has 10 heteroatoms. The van der Waals surface area contributed by atoms with Crippen LogP contribution >= 0.6 is 40.7 Å². The Kier molecular flexibility index (Phi) is 9.42. The molecule has 7 nitrogen and oxygen atoms in total. The lowest BCUT2D eigenvalue weighted by Crippen LogP contribution is -2.45. The van der Waals surface area contributed by atoms with Gasteiger partial charge in [0.2, 0.25) is 0 Å². The normalized spacial score (nSPS) is 15.7. The van der Waals surface area contributed by atoms with Gasteiger partial charge in [0, 0.05) is 42.3 Å². The molecule has 0 bridgehead atoms. The summed E-state index contributed by atoms with van der Waals surface area (Å²) >= 11 is 3.23. The van der Waals surface area contributed by atoms with E-state index in [1.165, 1.54) is 6.07 Å². The first-order valence-corrected chi connectivity index (χ1v) is 7.32. The van der Waals surface area contributed by atoms with Crippen molar-refractivity contribution in [3.05, 3.63) is 32.3 Å². The molecular formula is C13H17BrCl2N4O3. The Balaban J connectivity index is 0.00000242. The van der Waals surface area contributed by atoms with Crippen molar-refractivity contribution in [1.29, 1.82) is 5.26 Å². The predicted octanol–water partition coefficient (Wildman–Crippen LogP) is 2.77. The number of phenols is 1. The number of nitro groups is 1. The zero-order valence-electron chi connectivity index (χ0n) is 12.1. The smallest absolute Gasteiger partial charge is 0.312 e. The Hall–Kier alpha value is -1.11. The zero-order chi connectivity index (χ0) is 15.4. The van der Waals surface area contributed by atoms with Gasteiger partial charge in [0.05, 0.1) is 23.5 Å². The van der Waals surface area contributed by atoms with Crippen LogP contribution in [0.1, 0.15) is 18.0 Å². The zero-order valence-corrected chi connectivity index (χ0v) is 15.3. The summed E-state index contributed by atoms with van der Waals surface area (Å²) in [5, 5.41) is 33.5. The molecule has 1 aromatic carbocycles. The number of aromatic hydroxyl groups is 1. The number of benzene rings is 1. The summed E-state index contributed by atoms with van der Waals surface area (Å²) in [7, 11) is 0. The first kappa shape index (κ1) is 21.9. The van der Waals surface area contributed by atoms with Gasteiger partial charge in [-0.2, -0.15) is 5.26 Å². The van der Waals surface area contributed by atoms with Crippen LogP contribution in [0.25, 0.3) is 0 Å². The molecule has 1 aromatic rings. The van der Waals surface area contributed by atoms with Gasteiger partial charge in [0.25, 0.3) is 0 Å². The fraction of sp³-hybridized carbons (Fsp3) is 0.462. The maximum atomic E-state index is 11.0. The lowest BCUT2D eigenvalue weighted by Gasteiger charge is -2.34. The molecular weight excluding hydrogens is 411 g/mol. The number of rotatable bonds is 4. The lowest BCUT2D eigenvalue weighted by molar-refractivity contribution is -0.386. The third-order valence-electron chi connectivity index (χ3n) is 3.52. The molecule has 0 saturated carbocycles. The highest BCUT2D eigenvalue weighted by Gasteiger charge is 2.28. The average Bonchev–Trinajstić information content (AvgIpc) is 2.47. The van der Waals surface area contributed by atoms with Gasteiger partial charge in [0.1, 0.15) is 0 Å². The van der Waals surface area contributed by atoms with Crippen LogP contribution < -0.4 is 5.32 Å². The molecule has 0 aromatic heterocycles. The van der Waals surface area contributed by atoms with Gasteiger partial charge >= 0.3 is 5.69 Å². The van der Waals surface area contributed by atoms with E-state index in [0.717, 1.165) is 26.2 Å². The maximum absolute atomic E-state index is 11.0. The van der Waals surface area contributed by atoms with Crippen molar-refractivity contribution in [1.82, 2.24) is 10.2 Å². The molecule has 2 N–H and O–H groups in total. The number of phenolic OH excluding ortho intramolecular Hbond substituents is 1. The van der Waals surface area contributed by atoms with Crippen LogP contribution in [-0.4, -0.2) is 41.1 Å². The van der Waals surface area contributed by atoms with Gasteiger partial charge in [-0.1, -0.05) is 15.9 Å². The molecule has 0 aliphatic carbocycles. The van der Waals surface area contributed by atoms with E-state index < -0.39 is 4.92 Å². The topological polar surface area (TPSA) is 102 Å². The highest BCUT2D eigenvalue weighted by Crippen LogP contribution is 2.39. The number of nitrogens with zero attached hydrogens (tertiary/aromatic N) is 3. The Morgan fingerprint density at radius 3 is 2.57 bits per heavy atom. The van der Waals surface area contributed by atoms with Gasteiger partial charge in [-0.3, -0.25) is 15.0 Å². The molecule has 1 atom stereocenters. The highest BCUT2D eigenvalue weighted by molar-refractivity contribution is 9.10. The van der Waals surface area contributed by atoms with E-state index >= 15 is 0 Å². The predicted molar refractivity (Wildman–Crippen MR) is 94.4 cm³/mol. The minimum absolute atomic E-state index is 0. The maximum Gasteiger partial charge on any atom is 0.312 e. The Morgan fingerprint density at radius 2 is 2.04 bits per heavy atom. The van der Waals surface area contributed by atoms with E-state index in [9.17, 15) is 15.2 Å². The van der Waals surface area contributed by atoms with Gasteiger partial charge in [0.15, 0.2) is 5.75 Å². The second-order valence-electron chi connectivity index (χ2n) is 4.78. The summed E-state index contributed by atoms with van der Waals surface area (Å²) in [6.07, 6.45) is 0.168. The summed E-state index contributed by atoms with van der Waals surface area (Å²) in [5.41, 5.74) is 0.0666. The fourth-order valence-corrected chi connectivity index (χ4v) is 2.98. The number of hydrogen-bond donors (Lipinski definition) is 2. The van der Waals surface area contributed by atoms with Crippen molar-refractivity contribution in [2.45, 2.75) is 12.5 Å². The van der Waals surface area contributed by atoms with Crippen LogP contribution in [0, 0.1) is 21.4 Å². The molecule has 1 saturated heterocycles. The SMILES string of the molecule is Cl.Cl.N#CC[C@H](c1cc(Br)cc([N+](=O)[O-])c1O)N1CCNCC1. The summed E-state index contributed by atoms with van der Waals surface area (Å²) in [5.74, 6) is -0.359. The van der Waals surface area contributed by atoms with Gasteiger partial charge in [-0.15, -0.1) is 24.8 Å². The molecule has 0 spiro atoms. The monoisotopic (exact) mass is 426 g/mol. The molecule has 2 rings (SSSR count). The van der Waals surface area contributed by atoms with E-state index in [0.29, 0.717) is 10.0 Å². The first-order chi connectivity index (χ1) is 10.0. The Labute approximate surface area is 154 Å². The first-order valence-electron chi connectivity index (χ1n) is 6.53. The summed E-state index contributed by atoms with van der Waals surface area (Å²) in [4.78, 5) is 12.5. The van der Waals surface area contributed by atoms with Crippen LogP contribution in [-0.2, 0) is 0 Å². The number of nitro benzene ring substituents is 1.